The Balaban J connectivity index is 2.25. The van der Waals surface area contributed by atoms with Gasteiger partial charge in [0.1, 0.15) is 11.6 Å². The second-order valence-corrected chi connectivity index (χ2v) is 4.74. The molecule has 0 atom stereocenters. The van der Waals surface area contributed by atoms with Gasteiger partial charge in [-0.15, -0.1) is 0 Å². The molecule has 2 rings (SSSR count). The van der Waals surface area contributed by atoms with Gasteiger partial charge >= 0.3 is 0 Å². The van der Waals surface area contributed by atoms with Crippen LogP contribution in [-0.2, 0) is 0 Å². The number of allylic oxidation sites excluding steroid dienone is 2. The fourth-order valence-corrected chi connectivity index (χ4v) is 1.88. The Labute approximate surface area is 128 Å². The second-order valence-electron chi connectivity index (χ2n) is 4.74. The largest absolute Gasteiger partial charge is 0.454 e. The molecule has 114 valence electrons. The van der Waals surface area contributed by atoms with Crippen molar-refractivity contribution in [3.05, 3.63) is 60.4 Å². The van der Waals surface area contributed by atoms with Gasteiger partial charge in [-0.05, 0) is 32.1 Å². The van der Waals surface area contributed by atoms with Crippen molar-refractivity contribution in [1.82, 2.24) is 4.98 Å². The number of pyridine rings is 1. The number of rotatable bonds is 5. The number of amidine groups is 1. The lowest BCUT2D eigenvalue weighted by atomic mass is 10.1. The fourth-order valence-electron chi connectivity index (χ4n) is 1.88. The van der Waals surface area contributed by atoms with E-state index in [1.165, 1.54) is 6.92 Å². The van der Waals surface area contributed by atoms with Crippen molar-refractivity contribution < 1.29 is 9.13 Å². The lowest BCUT2D eigenvalue weighted by molar-refractivity contribution is 0.418. The van der Waals surface area contributed by atoms with Crippen LogP contribution < -0.4 is 10.5 Å². The summed E-state index contributed by atoms with van der Waals surface area (Å²) in [4.78, 5) is 8.07. The zero-order chi connectivity index (χ0) is 15.9. The molecule has 0 aliphatic heterocycles. The number of nitrogens with two attached hydrogens (primary N) is 1. The van der Waals surface area contributed by atoms with Crippen LogP contribution in [0.5, 0.6) is 5.75 Å². The molecule has 1 aromatic carbocycles. The third-order valence-corrected chi connectivity index (χ3v) is 2.92. The van der Waals surface area contributed by atoms with Crippen molar-refractivity contribution in [2.24, 2.45) is 10.7 Å². The molecule has 0 saturated heterocycles. The van der Waals surface area contributed by atoms with Crippen molar-refractivity contribution in [1.29, 1.82) is 0 Å². The summed E-state index contributed by atoms with van der Waals surface area (Å²) in [6.07, 6.45) is 6.67. The van der Waals surface area contributed by atoms with Crippen LogP contribution in [0.25, 0.3) is 10.8 Å². The van der Waals surface area contributed by atoms with Crippen molar-refractivity contribution in [2.75, 3.05) is 6.54 Å². The summed E-state index contributed by atoms with van der Waals surface area (Å²) in [6, 6.07) is 7.40. The topological polar surface area (TPSA) is 60.5 Å². The van der Waals surface area contributed by atoms with Crippen LogP contribution >= 0.6 is 0 Å². The number of halogens is 1. The number of fused-ring (bicyclic) bond motifs is 1. The van der Waals surface area contributed by atoms with Gasteiger partial charge in [-0.2, -0.15) is 0 Å². The van der Waals surface area contributed by atoms with E-state index in [9.17, 15) is 4.39 Å². The van der Waals surface area contributed by atoms with Gasteiger partial charge < -0.3 is 10.5 Å². The van der Waals surface area contributed by atoms with Gasteiger partial charge in [0.15, 0.2) is 5.76 Å². The van der Waals surface area contributed by atoms with E-state index in [0.717, 1.165) is 10.8 Å². The van der Waals surface area contributed by atoms with Crippen LogP contribution in [0.2, 0.25) is 0 Å². The smallest absolute Gasteiger partial charge is 0.158 e. The summed E-state index contributed by atoms with van der Waals surface area (Å²) >= 11 is 0. The van der Waals surface area contributed by atoms with Gasteiger partial charge in [-0.3, -0.25) is 9.98 Å². The van der Waals surface area contributed by atoms with Gasteiger partial charge in [0.05, 0.1) is 12.4 Å². The minimum atomic E-state index is -0.407. The number of hydrogen-bond donors (Lipinski definition) is 1. The lowest BCUT2D eigenvalue weighted by Gasteiger charge is -2.09. The molecule has 0 amide bonds. The summed E-state index contributed by atoms with van der Waals surface area (Å²) in [5.74, 6) is 0.801. The Morgan fingerprint density at radius 2 is 2.18 bits per heavy atom. The standard InChI is InChI=1S/C17H18FN3O/c1-12(18)16(7-4-9-21-13(2)19)22-17-6-3-5-14-11-20-10-8-15(14)17/h3-8,10-11H,9H2,1-2H3,(H2,19,21)/b7-4-,16-12-. The van der Waals surface area contributed by atoms with Crippen molar-refractivity contribution >= 4 is 16.6 Å². The number of aliphatic imine (C=N–C) groups is 1. The molecule has 22 heavy (non-hydrogen) atoms. The first-order chi connectivity index (χ1) is 10.6. The summed E-state index contributed by atoms with van der Waals surface area (Å²) in [7, 11) is 0. The van der Waals surface area contributed by atoms with E-state index < -0.39 is 5.83 Å². The first-order valence-electron chi connectivity index (χ1n) is 6.88. The maximum Gasteiger partial charge on any atom is 0.158 e. The van der Waals surface area contributed by atoms with Crippen molar-refractivity contribution in [2.45, 2.75) is 13.8 Å². The molecule has 2 N–H and O–H groups in total. The summed E-state index contributed by atoms with van der Waals surface area (Å²) in [5.41, 5.74) is 5.45. The van der Waals surface area contributed by atoms with Gasteiger partial charge in [0, 0.05) is 23.2 Å². The minimum absolute atomic E-state index is 0.147. The normalized spacial score (nSPS) is 13.5. The molecule has 2 aromatic rings. The molecule has 1 aromatic heterocycles. The van der Waals surface area contributed by atoms with E-state index in [0.29, 0.717) is 18.1 Å². The molecular formula is C17H18FN3O. The van der Waals surface area contributed by atoms with Crippen LogP contribution in [0.4, 0.5) is 4.39 Å². The van der Waals surface area contributed by atoms with Crippen LogP contribution in [0.15, 0.2) is 65.4 Å². The lowest BCUT2D eigenvalue weighted by Crippen LogP contribution is -2.05. The Kier molecular flexibility index (Phi) is 5.25. The fraction of sp³-hybridized carbons (Fsp3) is 0.176. The first-order valence-corrected chi connectivity index (χ1v) is 6.88. The quantitative estimate of drug-likeness (QED) is 0.396. The Morgan fingerprint density at radius 1 is 1.36 bits per heavy atom. The van der Waals surface area contributed by atoms with E-state index in [2.05, 4.69) is 9.98 Å². The predicted octanol–water partition coefficient (Wildman–Crippen LogP) is 3.75. The van der Waals surface area contributed by atoms with Crippen LogP contribution in [0.1, 0.15) is 13.8 Å². The van der Waals surface area contributed by atoms with Gasteiger partial charge in [-0.1, -0.05) is 18.2 Å². The number of ether oxygens (including phenoxy) is 1. The molecule has 5 heteroatoms. The highest BCUT2D eigenvalue weighted by Crippen LogP contribution is 2.27. The Morgan fingerprint density at radius 3 is 2.91 bits per heavy atom. The maximum atomic E-state index is 13.7. The van der Waals surface area contributed by atoms with Gasteiger partial charge in [0.2, 0.25) is 0 Å². The molecule has 0 bridgehead atoms. The highest BCUT2D eigenvalue weighted by Gasteiger charge is 2.06. The summed E-state index contributed by atoms with van der Waals surface area (Å²) in [6.45, 7) is 3.43. The third kappa shape index (κ3) is 4.15. The van der Waals surface area contributed by atoms with E-state index in [1.54, 1.807) is 37.5 Å². The zero-order valence-corrected chi connectivity index (χ0v) is 12.6. The van der Waals surface area contributed by atoms with Crippen LogP contribution in [0, 0.1) is 0 Å². The van der Waals surface area contributed by atoms with Crippen LogP contribution in [0.3, 0.4) is 0 Å². The molecule has 0 unspecified atom stereocenters. The highest BCUT2D eigenvalue weighted by molar-refractivity contribution is 5.87. The molecular weight excluding hydrogens is 281 g/mol. The summed E-state index contributed by atoms with van der Waals surface area (Å²) in [5, 5.41) is 1.81. The molecule has 0 spiro atoms. The van der Waals surface area contributed by atoms with Gasteiger partial charge in [-0.25, -0.2) is 4.39 Å². The van der Waals surface area contributed by atoms with Gasteiger partial charge in [0.25, 0.3) is 0 Å². The molecule has 0 aliphatic carbocycles. The maximum absolute atomic E-state index is 13.7. The third-order valence-electron chi connectivity index (χ3n) is 2.92. The summed E-state index contributed by atoms with van der Waals surface area (Å²) < 4.78 is 19.4. The number of nitrogens with zero attached hydrogens (tertiary/aromatic N) is 2. The van der Waals surface area contributed by atoms with E-state index >= 15 is 0 Å². The number of benzene rings is 1. The molecule has 0 fully saturated rings. The highest BCUT2D eigenvalue weighted by atomic mass is 19.1. The average Bonchev–Trinajstić information content (AvgIpc) is 2.50. The van der Waals surface area contributed by atoms with Crippen LogP contribution in [-0.4, -0.2) is 17.4 Å². The Hall–Kier alpha value is -2.69. The predicted molar refractivity (Wildman–Crippen MR) is 87.5 cm³/mol. The molecule has 0 aliphatic rings. The van der Waals surface area contributed by atoms with E-state index in [-0.39, 0.29) is 5.76 Å². The van der Waals surface area contributed by atoms with E-state index in [1.807, 2.05) is 18.2 Å². The number of aromatic nitrogens is 1. The SMILES string of the molecule is CC(N)=NC/C=C\C(Oc1cccc2cnccc12)=C(/C)F. The molecule has 0 saturated carbocycles. The average molecular weight is 299 g/mol. The molecule has 0 radical (unpaired) electrons. The molecule has 1 heterocycles. The van der Waals surface area contributed by atoms with Crippen molar-refractivity contribution in [3.8, 4) is 5.75 Å². The Bertz CT molecular complexity index is 737. The minimum Gasteiger partial charge on any atom is -0.454 e. The zero-order valence-electron chi connectivity index (χ0n) is 12.6. The first kappa shape index (κ1) is 15.7. The van der Waals surface area contributed by atoms with E-state index in [4.69, 9.17) is 10.5 Å². The molecule has 4 nitrogen and oxygen atoms in total. The monoisotopic (exact) mass is 299 g/mol. The number of hydrogen-bond acceptors (Lipinski definition) is 3. The second kappa shape index (κ2) is 7.36. The van der Waals surface area contributed by atoms with Crippen molar-refractivity contribution in [3.63, 3.8) is 0 Å².